The first-order valence-electron chi connectivity index (χ1n) is 8.34. The summed E-state index contributed by atoms with van der Waals surface area (Å²) in [6, 6.07) is 7.31. The predicted octanol–water partition coefficient (Wildman–Crippen LogP) is 2.25. The molecule has 1 N–H and O–H groups in total. The molecule has 0 saturated carbocycles. The standard InChI is InChI=1S/C18H19N3O3S/c1-12-15(25-11-20-12)17(23)21-8-6-18(7-9-21)10-19-16(22)13-4-2-3-5-14(13)24-18/h2-5,11H,6-10H2,1H3,(H,19,22). The van der Waals surface area contributed by atoms with Crippen LogP contribution in [0.15, 0.2) is 29.8 Å². The number of para-hydroxylation sites is 1. The van der Waals surface area contributed by atoms with Gasteiger partial charge in [-0.3, -0.25) is 9.59 Å². The number of rotatable bonds is 1. The zero-order valence-corrected chi connectivity index (χ0v) is 14.8. The Morgan fingerprint density at radius 3 is 2.80 bits per heavy atom. The van der Waals surface area contributed by atoms with Crippen LogP contribution in [0.4, 0.5) is 0 Å². The second-order valence-electron chi connectivity index (χ2n) is 6.52. The van der Waals surface area contributed by atoms with Gasteiger partial charge in [-0.15, -0.1) is 11.3 Å². The fourth-order valence-corrected chi connectivity index (χ4v) is 4.17. The first kappa shape index (κ1) is 16.1. The topological polar surface area (TPSA) is 71.5 Å². The third-order valence-electron chi connectivity index (χ3n) is 4.93. The van der Waals surface area contributed by atoms with E-state index in [1.54, 1.807) is 11.6 Å². The number of ether oxygens (including phenoxy) is 1. The number of nitrogens with zero attached hydrogens (tertiary/aromatic N) is 2. The number of likely N-dealkylation sites (tertiary alicyclic amines) is 1. The van der Waals surface area contributed by atoms with E-state index in [2.05, 4.69) is 10.3 Å². The summed E-state index contributed by atoms with van der Waals surface area (Å²) < 4.78 is 6.27. The molecule has 1 fully saturated rings. The van der Waals surface area contributed by atoms with Crippen LogP contribution in [0.25, 0.3) is 0 Å². The summed E-state index contributed by atoms with van der Waals surface area (Å²) in [5, 5.41) is 2.97. The van der Waals surface area contributed by atoms with Crippen molar-refractivity contribution in [3.05, 3.63) is 45.9 Å². The molecule has 1 aromatic carbocycles. The number of amides is 2. The van der Waals surface area contributed by atoms with Gasteiger partial charge in [0.15, 0.2) is 0 Å². The lowest BCUT2D eigenvalue weighted by atomic mass is 9.90. The van der Waals surface area contributed by atoms with Gasteiger partial charge in [0.2, 0.25) is 0 Å². The molecule has 1 aromatic heterocycles. The van der Waals surface area contributed by atoms with Crippen LogP contribution in [0.1, 0.15) is 38.6 Å². The molecule has 1 spiro atoms. The Morgan fingerprint density at radius 2 is 2.08 bits per heavy atom. The minimum absolute atomic E-state index is 0.0351. The average molecular weight is 357 g/mol. The molecule has 0 bridgehead atoms. The van der Waals surface area contributed by atoms with Crippen LogP contribution in [0.5, 0.6) is 5.75 Å². The smallest absolute Gasteiger partial charge is 0.265 e. The Bertz CT molecular complexity index is 824. The van der Waals surface area contributed by atoms with Gasteiger partial charge < -0.3 is 15.0 Å². The molecule has 1 saturated heterocycles. The first-order valence-corrected chi connectivity index (χ1v) is 9.22. The second kappa shape index (κ2) is 6.15. The number of carbonyl (C=O) groups excluding carboxylic acids is 2. The van der Waals surface area contributed by atoms with Crippen molar-refractivity contribution in [2.75, 3.05) is 19.6 Å². The Balaban J connectivity index is 1.51. The summed E-state index contributed by atoms with van der Waals surface area (Å²) in [4.78, 5) is 31.6. The minimum atomic E-state index is -0.457. The average Bonchev–Trinajstić information content (AvgIpc) is 3.00. The Hall–Kier alpha value is -2.41. The Morgan fingerprint density at radius 1 is 1.32 bits per heavy atom. The first-order chi connectivity index (χ1) is 12.1. The number of nitrogens with one attached hydrogen (secondary N) is 1. The molecule has 7 heteroatoms. The van der Waals surface area contributed by atoms with Crippen molar-refractivity contribution >= 4 is 23.2 Å². The van der Waals surface area contributed by atoms with Crippen molar-refractivity contribution in [2.24, 2.45) is 0 Å². The maximum absolute atomic E-state index is 12.7. The molecule has 2 aromatic rings. The zero-order chi connectivity index (χ0) is 17.4. The van der Waals surface area contributed by atoms with Gasteiger partial charge >= 0.3 is 0 Å². The molecule has 0 atom stereocenters. The van der Waals surface area contributed by atoms with Gasteiger partial charge in [0.05, 0.1) is 23.3 Å². The number of piperidine rings is 1. The van der Waals surface area contributed by atoms with E-state index in [-0.39, 0.29) is 11.8 Å². The molecule has 6 nitrogen and oxygen atoms in total. The van der Waals surface area contributed by atoms with Crippen molar-refractivity contribution in [3.8, 4) is 5.75 Å². The van der Waals surface area contributed by atoms with E-state index >= 15 is 0 Å². The van der Waals surface area contributed by atoms with Crippen LogP contribution in [0.2, 0.25) is 0 Å². The lowest BCUT2D eigenvalue weighted by Crippen LogP contribution is -2.54. The maximum Gasteiger partial charge on any atom is 0.265 e. The summed E-state index contributed by atoms with van der Waals surface area (Å²) in [7, 11) is 0. The van der Waals surface area contributed by atoms with Crippen LogP contribution in [-0.2, 0) is 0 Å². The number of hydrogen-bond acceptors (Lipinski definition) is 5. The van der Waals surface area contributed by atoms with Crippen LogP contribution in [-0.4, -0.2) is 46.9 Å². The third kappa shape index (κ3) is 2.89. The van der Waals surface area contributed by atoms with Gasteiger partial charge in [0, 0.05) is 25.9 Å². The highest BCUT2D eigenvalue weighted by Crippen LogP contribution is 2.33. The molecular weight excluding hydrogens is 338 g/mol. The highest BCUT2D eigenvalue weighted by atomic mass is 32.1. The molecule has 2 amide bonds. The van der Waals surface area contributed by atoms with Crippen LogP contribution >= 0.6 is 11.3 Å². The zero-order valence-electron chi connectivity index (χ0n) is 13.9. The quantitative estimate of drug-likeness (QED) is 0.850. The predicted molar refractivity (Wildman–Crippen MR) is 94.1 cm³/mol. The lowest BCUT2D eigenvalue weighted by molar-refractivity contribution is 0.00785. The molecular formula is C18H19N3O3S. The molecule has 0 aliphatic carbocycles. The summed E-state index contributed by atoms with van der Waals surface area (Å²) >= 11 is 1.38. The monoisotopic (exact) mass is 357 g/mol. The molecule has 2 aliphatic rings. The van der Waals surface area contributed by atoms with Gasteiger partial charge in [-0.1, -0.05) is 12.1 Å². The molecule has 0 unspecified atom stereocenters. The SMILES string of the molecule is Cc1ncsc1C(=O)N1CCC2(CC1)CNC(=O)c1ccccc1O2. The van der Waals surface area contributed by atoms with E-state index in [0.29, 0.717) is 48.7 Å². The number of thiazole rings is 1. The number of aromatic nitrogens is 1. The van der Waals surface area contributed by atoms with Crippen molar-refractivity contribution < 1.29 is 14.3 Å². The van der Waals surface area contributed by atoms with E-state index in [1.165, 1.54) is 11.3 Å². The molecule has 2 aliphatic heterocycles. The van der Waals surface area contributed by atoms with Crippen LogP contribution in [0.3, 0.4) is 0 Å². The highest BCUT2D eigenvalue weighted by molar-refractivity contribution is 7.11. The fraction of sp³-hybridized carbons (Fsp3) is 0.389. The third-order valence-corrected chi connectivity index (χ3v) is 5.85. The summed E-state index contributed by atoms with van der Waals surface area (Å²) in [5.41, 5.74) is 2.59. The number of aryl methyl sites for hydroxylation is 1. The molecule has 130 valence electrons. The van der Waals surface area contributed by atoms with Crippen molar-refractivity contribution in [3.63, 3.8) is 0 Å². The Labute approximate surface area is 149 Å². The van der Waals surface area contributed by atoms with E-state index < -0.39 is 5.60 Å². The van der Waals surface area contributed by atoms with Gasteiger partial charge in [-0.05, 0) is 19.1 Å². The molecule has 0 radical (unpaired) electrons. The molecule has 4 rings (SSSR count). The minimum Gasteiger partial charge on any atom is -0.484 e. The van der Waals surface area contributed by atoms with Crippen molar-refractivity contribution in [1.82, 2.24) is 15.2 Å². The van der Waals surface area contributed by atoms with Crippen molar-refractivity contribution in [2.45, 2.75) is 25.4 Å². The Kier molecular flexibility index (Phi) is 3.95. The summed E-state index contributed by atoms with van der Waals surface area (Å²) in [5.74, 6) is 0.551. The van der Waals surface area contributed by atoms with Crippen LogP contribution < -0.4 is 10.1 Å². The van der Waals surface area contributed by atoms with E-state index in [9.17, 15) is 9.59 Å². The number of carbonyl (C=O) groups is 2. The van der Waals surface area contributed by atoms with Gasteiger partial charge in [0.1, 0.15) is 16.2 Å². The second-order valence-corrected chi connectivity index (χ2v) is 7.38. The van der Waals surface area contributed by atoms with Gasteiger partial charge in [0.25, 0.3) is 11.8 Å². The summed E-state index contributed by atoms with van der Waals surface area (Å²) in [6.07, 6.45) is 1.37. The van der Waals surface area contributed by atoms with E-state index in [4.69, 9.17) is 4.74 Å². The van der Waals surface area contributed by atoms with Gasteiger partial charge in [-0.25, -0.2) is 4.98 Å². The van der Waals surface area contributed by atoms with E-state index in [0.717, 1.165) is 5.69 Å². The maximum atomic E-state index is 12.7. The molecule has 25 heavy (non-hydrogen) atoms. The fourth-order valence-electron chi connectivity index (χ4n) is 3.40. The molecule has 3 heterocycles. The largest absolute Gasteiger partial charge is 0.484 e. The van der Waals surface area contributed by atoms with Gasteiger partial charge in [-0.2, -0.15) is 0 Å². The van der Waals surface area contributed by atoms with Crippen LogP contribution in [0, 0.1) is 6.92 Å². The van der Waals surface area contributed by atoms with E-state index in [1.807, 2.05) is 30.0 Å². The summed E-state index contributed by atoms with van der Waals surface area (Å²) in [6.45, 7) is 3.53. The number of benzene rings is 1. The number of hydrogen-bond donors (Lipinski definition) is 1. The number of fused-ring (bicyclic) bond motifs is 1. The lowest BCUT2D eigenvalue weighted by Gasteiger charge is -2.41. The normalized spacial score (nSPS) is 18.9. The highest BCUT2D eigenvalue weighted by Gasteiger charge is 2.41. The van der Waals surface area contributed by atoms with Crippen molar-refractivity contribution in [1.29, 1.82) is 0 Å².